The number of halogens is 3. The summed E-state index contributed by atoms with van der Waals surface area (Å²) in [5, 5.41) is 3.33. The molecule has 0 fully saturated rings. The van der Waals surface area contributed by atoms with Crippen LogP contribution in [0.1, 0.15) is 58.9 Å². The standard InChI is InChI=1S/C22H22F3N3O3S/c1-12-17-20(27-16-6-4-3-5-11-28(16)21(17)30)32-18(12)19(29)26-13(2)14-7-9-15(10-8-14)31-22(23,24)25/h7-10,13H,3-6,11H2,1-2H3,(H,26,29). The third kappa shape index (κ3) is 4.50. The third-order valence-electron chi connectivity index (χ3n) is 5.58. The molecule has 4 rings (SSSR count). The van der Waals surface area contributed by atoms with Gasteiger partial charge in [0.15, 0.2) is 0 Å². The number of hydrogen-bond acceptors (Lipinski definition) is 5. The number of aryl methyl sites for hydroxylation is 2. The van der Waals surface area contributed by atoms with Crippen LogP contribution in [-0.2, 0) is 13.0 Å². The average Bonchev–Trinajstić information content (AvgIpc) is 2.89. The zero-order valence-electron chi connectivity index (χ0n) is 17.6. The van der Waals surface area contributed by atoms with Gasteiger partial charge in [-0.3, -0.25) is 14.2 Å². The summed E-state index contributed by atoms with van der Waals surface area (Å²) in [6.45, 7) is 4.11. The summed E-state index contributed by atoms with van der Waals surface area (Å²) in [4.78, 5) is 31.7. The van der Waals surface area contributed by atoms with Gasteiger partial charge in [-0.15, -0.1) is 24.5 Å². The van der Waals surface area contributed by atoms with Gasteiger partial charge < -0.3 is 10.1 Å². The van der Waals surface area contributed by atoms with Gasteiger partial charge in [0.05, 0.1) is 16.3 Å². The first kappa shape index (κ1) is 22.3. The molecule has 0 radical (unpaired) electrons. The predicted molar refractivity (Wildman–Crippen MR) is 115 cm³/mol. The maximum Gasteiger partial charge on any atom is 0.573 e. The fourth-order valence-corrected chi connectivity index (χ4v) is 5.02. The van der Waals surface area contributed by atoms with Gasteiger partial charge in [0.2, 0.25) is 0 Å². The predicted octanol–water partition coefficient (Wildman–Crippen LogP) is 4.88. The van der Waals surface area contributed by atoms with E-state index in [4.69, 9.17) is 0 Å². The highest BCUT2D eigenvalue weighted by molar-refractivity contribution is 7.20. The van der Waals surface area contributed by atoms with Crippen LogP contribution in [0.25, 0.3) is 10.2 Å². The van der Waals surface area contributed by atoms with E-state index in [-0.39, 0.29) is 17.2 Å². The SMILES string of the molecule is Cc1c(C(=O)NC(C)c2ccc(OC(F)(F)F)cc2)sc2nc3n(c(=O)c12)CCCCC3. The number of thiophene rings is 1. The normalized spacial score (nSPS) is 15.2. The number of aromatic nitrogens is 2. The molecule has 0 spiro atoms. The Balaban J connectivity index is 1.57. The second-order valence-electron chi connectivity index (χ2n) is 7.84. The van der Waals surface area contributed by atoms with E-state index in [2.05, 4.69) is 15.0 Å². The number of nitrogens with one attached hydrogen (secondary N) is 1. The monoisotopic (exact) mass is 465 g/mol. The summed E-state index contributed by atoms with van der Waals surface area (Å²) in [6.07, 6.45) is -1.04. The fraction of sp³-hybridized carbons (Fsp3) is 0.409. The molecule has 0 saturated heterocycles. The first-order valence-corrected chi connectivity index (χ1v) is 11.1. The molecule has 0 saturated carbocycles. The van der Waals surface area contributed by atoms with Crippen LogP contribution in [0.5, 0.6) is 5.75 Å². The molecule has 6 nitrogen and oxygen atoms in total. The number of rotatable bonds is 4. The molecule has 1 unspecified atom stereocenters. The Kier molecular flexibility index (Phi) is 5.98. The fourth-order valence-electron chi connectivity index (χ4n) is 3.93. The van der Waals surface area contributed by atoms with Crippen LogP contribution in [0.2, 0.25) is 0 Å². The van der Waals surface area contributed by atoms with Crippen LogP contribution in [0.4, 0.5) is 13.2 Å². The number of nitrogens with zero attached hydrogens (tertiary/aromatic N) is 2. The maximum absolute atomic E-state index is 13.1. The third-order valence-corrected chi connectivity index (χ3v) is 6.76. The molecule has 1 amide bonds. The van der Waals surface area contributed by atoms with Crippen molar-refractivity contribution in [3.63, 3.8) is 0 Å². The highest BCUT2D eigenvalue weighted by atomic mass is 32.1. The van der Waals surface area contributed by atoms with E-state index in [1.54, 1.807) is 18.4 Å². The molecule has 32 heavy (non-hydrogen) atoms. The van der Waals surface area contributed by atoms with E-state index < -0.39 is 12.4 Å². The Labute approximate surface area is 186 Å². The Morgan fingerprint density at radius 1 is 1.22 bits per heavy atom. The number of carbonyl (C=O) groups is 1. The summed E-state index contributed by atoms with van der Waals surface area (Å²) >= 11 is 1.19. The number of alkyl halides is 3. The van der Waals surface area contributed by atoms with Crippen LogP contribution < -0.4 is 15.6 Å². The molecule has 170 valence electrons. The van der Waals surface area contributed by atoms with Gasteiger partial charge in [0.25, 0.3) is 11.5 Å². The van der Waals surface area contributed by atoms with E-state index in [1.807, 2.05) is 0 Å². The first-order chi connectivity index (χ1) is 15.1. The number of benzene rings is 1. The molecule has 0 aliphatic carbocycles. The lowest BCUT2D eigenvalue weighted by Gasteiger charge is -2.15. The summed E-state index contributed by atoms with van der Waals surface area (Å²) < 4.78 is 42.6. The molecular formula is C22H22F3N3O3S. The van der Waals surface area contributed by atoms with E-state index in [0.29, 0.717) is 32.8 Å². The van der Waals surface area contributed by atoms with Crippen molar-refractivity contribution in [1.82, 2.24) is 14.9 Å². The summed E-state index contributed by atoms with van der Waals surface area (Å²) in [7, 11) is 0. The highest BCUT2D eigenvalue weighted by Crippen LogP contribution is 2.29. The minimum absolute atomic E-state index is 0.104. The van der Waals surface area contributed by atoms with Crippen LogP contribution in [0, 0.1) is 6.92 Å². The van der Waals surface area contributed by atoms with Gasteiger partial charge >= 0.3 is 6.36 Å². The molecule has 10 heteroatoms. The van der Waals surface area contributed by atoms with Gasteiger partial charge in [-0.05, 0) is 49.9 Å². The molecule has 3 aromatic rings. The largest absolute Gasteiger partial charge is 0.573 e. The molecular weight excluding hydrogens is 443 g/mol. The highest BCUT2D eigenvalue weighted by Gasteiger charge is 2.31. The van der Waals surface area contributed by atoms with Gasteiger partial charge in [-0.1, -0.05) is 18.6 Å². The lowest BCUT2D eigenvalue weighted by atomic mass is 10.1. The van der Waals surface area contributed by atoms with Crippen molar-refractivity contribution in [1.29, 1.82) is 0 Å². The van der Waals surface area contributed by atoms with Crippen LogP contribution >= 0.6 is 11.3 Å². The number of amides is 1. The second-order valence-corrected chi connectivity index (χ2v) is 8.84. The lowest BCUT2D eigenvalue weighted by molar-refractivity contribution is -0.274. The van der Waals surface area contributed by atoms with E-state index in [9.17, 15) is 22.8 Å². The lowest BCUT2D eigenvalue weighted by Crippen LogP contribution is -2.27. The quantitative estimate of drug-likeness (QED) is 0.596. The first-order valence-electron chi connectivity index (χ1n) is 10.3. The smallest absolute Gasteiger partial charge is 0.406 e. The van der Waals surface area contributed by atoms with Crippen LogP contribution in [0.3, 0.4) is 0 Å². The molecule has 1 N–H and O–H groups in total. The average molecular weight is 465 g/mol. The Hall–Kier alpha value is -2.88. The molecule has 1 aliphatic rings. The van der Waals surface area contributed by atoms with Gasteiger partial charge in [0, 0.05) is 13.0 Å². The van der Waals surface area contributed by atoms with Crippen LogP contribution in [-0.4, -0.2) is 21.8 Å². The number of ether oxygens (including phenoxy) is 1. The zero-order valence-corrected chi connectivity index (χ0v) is 18.4. The van der Waals surface area contributed by atoms with Crippen LogP contribution in [0.15, 0.2) is 29.1 Å². The minimum atomic E-state index is -4.76. The topological polar surface area (TPSA) is 73.2 Å². The molecule has 2 aromatic heterocycles. The molecule has 1 aromatic carbocycles. The van der Waals surface area contributed by atoms with Crippen molar-refractivity contribution in [3.05, 3.63) is 56.4 Å². The van der Waals surface area contributed by atoms with E-state index in [0.717, 1.165) is 31.5 Å². The minimum Gasteiger partial charge on any atom is -0.406 e. The Morgan fingerprint density at radius 2 is 1.94 bits per heavy atom. The second kappa shape index (κ2) is 8.57. The number of hydrogen-bond donors (Lipinski definition) is 1. The van der Waals surface area contributed by atoms with Gasteiger partial charge in [-0.25, -0.2) is 4.98 Å². The number of carbonyl (C=O) groups excluding carboxylic acids is 1. The molecule has 1 aliphatic heterocycles. The summed E-state index contributed by atoms with van der Waals surface area (Å²) in [5.74, 6) is 0.0856. The van der Waals surface area contributed by atoms with Crippen molar-refractivity contribution >= 4 is 27.5 Å². The Bertz CT molecular complexity index is 1220. The van der Waals surface area contributed by atoms with Crippen molar-refractivity contribution in [2.75, 3.05) is 0 Å². The molecule has 1 atom stereocenters. The van der Waals surface area contributed by atoms with E-state index in [1.165, 1.54) is 35.6 Å². The van der Waals surface area contributed by atoms with Gasteiger partial charge in [-0.2, -0.15) is 0 Å². The molecule has 0 bridgehead atoms. The van der Waals surface area contributed by atoms with Crippen molar-refractivity contribution in [3.8, 4) is 5.75 Å². The maximum atomic E-state index is 13.1. The van der Waals surface area contributed by atoms with Crippen molar-refractivity contribution in [2.24, 2.45) is 0 Å². The van der Waals surface area contributed by atoms with E-state index >= 15 is 0 Å². The van der Waals surface area contributed by atoms with Gasteiger partial charge in [0.1, 0.15) is 16.4 Å². The van der Waals surface area contributed by atoms with Crippen molar-refractivity contribution < 1.29 is 22.7 Å². The van der Waals surface area contributed by atoms with Crippen molar-refractivity contribution in [2.45, 2.75) is 58.5 Å². The Morgan fingerprint density at radius 3 is 2.62 bits per heavy atom. The molecule has 3 heterocycles. The summed E-state index contributed by atoms with van der Waals surface area (Å²) in [6, 6.07) is 4.88. The summed E-state index contributed by atoms with van der Waals surface area (Å²) in [5.41, 5.74) is 1.12. The zero-order chi connectivity index (χ0) is 23.0. The number of fused-ring (bicyclic) bond motifs is 2.